The number of hydrogen-bond donors (Lipinski definition) is 1. The van der Waals surface area contributed by atoms with E-state index in [-0.39, 0.29) is 41.9 Å². The lowest BCUT2D eigenvalue weighted by molar-refractivity contribution is -0.148. The molecule has 0 amide bonds. The molecule has 0 aliphatic rings. The highest BCUT2D eigenvalue weighted by Gasteiger charge is 2.38. The lowest BCUT2D eigenvalue weighted by Gasteiger charge is -2.29. The average molecular weight is 618 g/mol. The van der Waals surface area contributed by atoms with Crippen molar-refractivity contribution in [3.63, 3.8) is 0 Å². The number of para-hydroxylation sites is 1. The summed E-state index contributed by atoms with van der Waals surface area (Å²) in [7, 11) is 1.18. The van der Waals surface area contributed by atoms with Crippen molar-refractivity contribution in [2.45, 2.75) is 85.2 Å². The van der Waals surface area contributed by atoms with E-state index in [0.29, 0.717) is 5.56 Å². The summed E-state index contributed by atoms with van der Waals surface area (Å²) in [6.07, 6.45) is -5.03. The van der Waals surface area contributed by atoms with E-state index in [1.54, 1.807) is 51.1 Å². The Hall–Kier alpha value is -4.32. The lowest BCUT2D eigenvalue weighted by Crippen LogP contribution is -2.53. The van der Waals surface area contributed by atoms with Crippen LogP contribution in [-0.2, 0) is 30.2 Å². The van der Waals surface area contributed by atoms with Crippen molar-refractivity contribution >= 4 is 24.4 Å². The largest absolute Gasteiger partial charge is 0.514 e. The first-order chi connectivity index (χ1) is 20.6. The van der Waals surface area contributed by atoms with E-state index in [2.05, 4.69) is 0 Å². The third-order valence-electron chi connectivity index (χ3n) is 6.84. The second kappa shape index (κ2) is 16.5. The molecule has 2 N–H and O–H groups in total. The predicted molar refractivity (Wildman–Crippen MR) is 160 cm³/mol. The summed E-state index contributed by atoms with van der Waals surface area (Å²) in [5.74, 6) is -0.718. The second-order valence-corrected chi connectivity index (χ2v) is 11.2. The van der Waals surface area contributed by atoms with Crippen LogP contribution in [0, 0.1) is 11.8 Å². The van der Waals surface area contributed by atoms with E-state index in [0.717, 1.165) is 0 Å². The van der Waals surface area contributed by atoms with Gasteiger partial charge in [0.15, 0.2) is 11.5 Å². The molecule has 0 spiro atoms. The third-order valence-corrected chi connectivity index (χ3v) is 6.84. The standard InChI is InChI=1S/C32H43NO11/c1-19(2)22(6)40-30(36)43-26-15-14-24(16-27(26)44-31(37)41-23(7)20(3)4)18-32(33,28(34)38-8)17-21(5)39-29(35)42-25-12-10-9-11-13-25/h9-16,19-23H,17-18,33H2,1-8H3/t21-,22?,23?,32?/m0/s1. The number of ether oxygens (including phenoxy) is 7. The number of methoxy groups -OCH3 is 1. The minimum atomic E-state index is -1.68. The number of benzene rings is 2. The van der Waals surface area contributed by atoms with Gasteiger partial charge < -0.3 is 38.9 Å². The maximum Gasteiger partial charge on any atom is 0.514 e. The van der Waals surface area contributed by atoms with Crippen LogP contribution in [0.3, 0.4) is 0 Å². The molecule has 12 nitrogen and oxygen atoms in total. The van der Waals surface area contributed by atoms with Gasteiger partial charge in [-0.1, -0.05) is 52.0 Å². The molecule has 44 heavy (non-hydrogen) atoms. The summed E-state index contributed by atoms with van der Waals surface area (Å²) in [5.41, 5.74) is 5.25. The van der Waals surface area contributed by atoms with Gasteiger partial charge in [0.2, 0.25) is 0 Å². The molecule has 0 heterocycles. The molecule has 242 valence electrons. The molecule has 2 rings (SSSR count). The molecule has 3 unspecified atom stereocenters. The highest BCUT2D eigenvalue weighted by molar-refractivity contribution is 5.81. The van der Waals surface area contributed by atoms with Crippen LogP contribution in [0.4, 0.5) is 14.4 Å². The van der Waals surface area contributed by atoms with Crippen LogP contribution in [0.2, 0.25) is 0 Å². The molecule has 0 aliphatic heterocycles. The number of esters is 1. The van der Waals surface area contributed by atoms with Crippen LogP contribution in [0.25, 0.3) is 0 Å². The molecular formula is C32H43NO11. The lowest BCUT2D eigenvalue weighted by atomic mass is 9.86. The van der Waals surface area contributed by atoms with Crippen molar-refractivity contribution < 1.29 is 52.3 Å². The molecule has 2 aromatic carbocycles. The maximum absolute atomic E-state index is 12.9. The van der Waals surface area contributed by atoms with Gasteiger partial charge in [-0.25, -0.2) is 14.4 Å². The topological polar surface area (TPSA) is 159 Å². The minimum Gasteiger partial charge on any atom is -0.468 e. The van der Waals surface area contributed by atoms with E-state index in [1.807, 2.05) is 27.7 Å². The summed E-state index contributed by atoms with van der Waals surface area (Å²) in [6.45, 7) is 12.5. The zero-order valence-corrected chi connectivity index (χ0v) is 26.5. The first kappa shape index (κ1) is 35.9. The first-order valence-electron chi connectivity index (χ1n) is 14.3. The van der Waals surface area contributed by atoms with Crippen LogP contribution < -0.4 is 19.9 Å². The van der Waals surface area contributed by atoms with Crippen molar-refractivity contribution in [3.8, 4) is 17.2 Å². The summed E-state index contributed by atoms with van der Waals surface area (Å²) in [5, 5.41) is 0. The van der Waals surface area contributed by atoms with Gasteiger partial charge in [0.05, 0.1) is 7.11 Å². The Morgan fingerprint density at radius 3 is 1.75 bits per heavy atom. The van der Waals surface area contributed by atoms with Gasteiger partial charge in [-0.3, -0.25) is 4.79 Å². The highest BCUT2D eigenvalue weighted by atomic mass is 16.8. The number of carbonyl (C=O) groups excluding carboxylic acids is 4. The summed E-state index contributed by atoms with van der Waals surface area (Å²) in [6, 6.07) is 12.6. The van der Waals surface area contributed by atoms with Gasteiger partial charge in [-0.05, 0) is 62.4 Å². The van der Waals surface area contributed by atoms with Gasteiger partial charge in [-0.2, -0.15) is 0 Å². The molecule has 0 bridgehead atoms. The number of carbonyl (C=O) groups is 4. The fourth-order valence-electron chi connectivity index (χ4n) is 3.75. The summed E-state index contributed by atoms with van der Waals surface area (Å²) < 4.78 is 36.8. The molecule has 0 aliphatic carbocycles. The molecule has 0 fully saturated rings. The Bertz CT molecular complexity index is 1260. The number of rotatable bonds is 13. The molecule has 0 radical (unpaired) electrons. The Morgan fingerprint density at radius 2 is 1.23 bits per heavy atom. The average Bonchev–Trinajstić information content (AvgIpc) is 2.93. The van der Waals surface area contributed by atoms with Crippen LogP contribution in [0.15, 0.2) is 48.5 Å². The zero-order chi connectivity index (χ0) is 33.0. The van der Waals surface area contributed by atoms with Crippen molar-refractivity contribution in [2.24, 2.45) is 17.6 Å². The summed E-state index contributed by atoms with van der Waals surface area (Å²) >= 11 is 0. The van der Waals surface area contributed by atoms with Crippen LogP contribution in [-0.4, -0.2) is 55.4 Å². The molecule has 0 saturated carbocycles. The maximum atomic E-state index is 12.9. The van der Waals surface area contributed by atoms with E-state index < -0.39 is 48.3 Å². The molecular weight excluding hydrogens is 574 g/mol. The SMILES string of the molecule is COC(=O)C(N)(Cc1ccc(OC(=O)OC(C)C(C)C)c(OC(=O)OC(C)C(C)C)c1)C[C@H](C)OC(=O)Oc1ccccc1. The van der Waals surface area contributed by atoms with Crippen LogP contribution in [0.5, 0.6) is 17.2 Å². The van der Waals surface area contributed by atoms with Crippen molar-refractivity contribution in [2.75, 3.05) is 7.11 Å². The minimum absolute atomic E-state index is 0.0178. The van der Waals surface area contributed by atoms with Gasteiger partial charge in [-0.15, -0.1) is 0 Å². The Kier molecular flexibility index (Phi) is 13.5. The van der Waals surface area contributed by atoms with E-state index in [4.69, 9.17) is 38.9 Å². The Labute approximate surface area is 258 Å². The fraction of sp³-hybridized carbons (Fsp3) is 0.500. The van der Waals surface area contributed by atoms with Gasteiger partial charge in [0.1, 0.15) is 29.6 Å². The predicted octanol–water partition coefficient (Wildman–Crippen LogP) is 6.21. The smallest absolute Gasteiger partial charge is 0.468 e. The van der Waals surface area contributed by atoms with Crippen molar-refractivity contribution in [3.05, 3.63) is 54.1 Å². The van der Waals surface area contributed by atoms with Crippen LogP contribution >= 0.6 is 0 Å². The van der Waals surface area contributed by atoms with E-state index >= 15 is 0 Å². The Balaban J connectivity index is 2.29. The molecule has 2 aromatic rings. The number of nitrogens with two attached hydrogens (primary N) is 1. The molecule has 0 saturated heterocycles. The normalized spacial score (nSPS) is 14.4. The Morgan fingerprint density at radius 1 is 0.705 bits per heavy atom. The monoisotopic (exact) mass is 617 g/mol. The molecule has 4 atom stereocenters. The van der Waals surface area contributed by atoms with Gasteiger partial charge in [0.25, 0.3) is 0 Å². The van der Waals surface area contributed by atoms with Gasteiger partial charge >= 0.3 is 24.4 Å². The summed E-state index contributed by atoms with van der Waals surface area (Å²) in [4.78, 5) is 50.2. The van der Waals surface area contributed by atoms with Gasteiger partial charge in [0, 0.05) is 12.8 Å². The quantitative estimate of drug-likeness (QED) is 0.154. The van der Waals surface area contributed by atoms with Crippen LogP contribution in [0.1, 0.15) is 60.5 Å². The third kappa shape index (κ3) is 11.4. The fourth-order valence-corrected chi connectivity index (χ4v) is 3.75. The zero-order valence-electron chi connectivity index (χ0n) is 26.5. The van der Waals surface area contributed by atoms with Crippen molar-refractivity contribution in [1.29, 1.82) is 0 Å². The molecule has 12 heteroatoms. The first-order valence-corrected chi connectivity index (χ1v) is 14.3. The number of hydrogen-bond acceptors (Lipinski definition) is 12. The van der Waals surface area contributed by atoms with Crippen molar-refractivity contribution in [1.82, 2.24) is 0 Å². The highest BCUT2D eigenvalue weighted by Crippen LogP contribution is 2.32. The second-order valence-electron chi connectivity index (χ2n) is 11.2. The molecule has 0 aromatic heterocycles. The van der Waals surface area contributed by atoms with E-state index in [9.17, 15) is 19.2 Å². The van der Waals surface area contributed by atoms with E-state index in [1.165, 1.54) is 25.3 Å².